The lowest BCUT2D eigenvalue weighted by Gasteiger charge is -2.30. The maximum absolute atomic E-state index is 11.8. The van der Waals surface area contributed by atoms with E-state index in [1.165, 1.54) is 4.90 Å². The predicted octanol–water partition coefficient (Wildman–Crippen LogP) is 1.45. The van der Waals surface area contributed by atoms with E-state index >= 15 is 0 Å². The van der Waals surface area contributed by atoms with Crippen LogP contribution >= 0.6 is 0 Å². The molecule has 0 unspecified atom stereocenters. The smallest absolute Gasteiger partial charge is 0.317 e. The van der Waals surface area contributed by atoms with E-state index in [0.29, 0.717) is 13.2 Å². The van der Waals surface area contributed by atoms with Gasteiger partial charge in [-0.25, -0.2) is 4.79 Å². The molecule has 1 fully saturated rings. The van der Waals surface area contributed by atoms with Gasteiger partial charge in [0.15, 0.2) is 0 Å². The molecule has 1 saturated carbocycles. The highest BCUT2D eigenvalue weighted by Gasteiger charge is 2.34. The largest absolute Gasteiger partial charge is 0.481 e. The molecule has 0 aliphatic heterocycles. The van der Waals surface area contributed by atoms with Gasteiger partial charge in [-0.15, -0.1) is 0 Å². The Hall–Kier alpha value is -1.30. The van der Waals surface area contributed by atoms with Crippen molar-refractivity contribution in [3.05, 3.63) is 0 Å². The summed E-state index contributed by atoms with van der Waals surface area (Å²) in [5, 5.41) is 11.4. The van der Waals surface area contributed by atoms with Crippen LogP contribution in [0.5, 0.6) is 0 Å². The molecule has 2 N–H and O–H groups in total. The number of carboxylic acid groups (broad SMARTS) is 1. The molecule has 110 valence electrons. The maximum atomic E-state index is 11.8. The molecule has 0 bridgehead atoms. The third-order valence-electron chi connectivity index (χ3n) is 3.53. The van der Waals surface area contributed by atoms with E-state index in [2.05, 4.69) is 5.32 Å². The molecule has 0 spiro atoms. The fourth-order valence-electron chi connectivity index (χ4n) is 2.43. The van der Waals surface area contributed by atoms with E-state index < -0.39 is 5.97 Å². The first kappa shape index (κ1) is 15.8. The number of carboxylic acids is 1. The molecule has 6 heteroatoms. The van der Waals surface area contributed by atoms with Gasteiger partial charge in [0.2, 0.25) is 0 Å². The van der Waals surface area contributed by atoms with Crippen LogP contribution in [0, 0.1) is 0 Å². The third kappa shape index (κ3) is 5.06. The monoisotopic (exact) mass is 272 g/mol. The Morgan fingerprint density at radius 3 is 2.53 bits per heavy atom. The summed E-state index contributed by atoms with van der Waals surface area (Å²) < 4.78 is 5.79. The number of hydrogen-bond acceptors (Lipinski definition) is 3. The molecule has 0 radical (unpaired) electrons. The average molecular weight is 272 g/mol. The minimum Gasteiger partial charge on any atom is -0.481 e. The van der Waals surface area contributed by atoms with Gasteiger partial charge in [-0.05, 0) is 19.8 Å². The lowest BCUT2D eigenvalue weighted by atomic mass is 10.0. The first-order chi connectivity index (χ1) is 8.99. The SMILES string of the molecule is CCOC1(CNC(=O)N(C)CCC(=O)O)CCCC1. The number of ether oxygens (including phenoxy) is 1. The molecule has 19 heavy (non-hydrogen) atoms. The van der Waals surface area contributed by atoms with Crippen LogP contribution in [0.25, 0.3) is 0 Å². The van der Waals surface area contributed by atoms with Crippen LogP contribution in [-0.4, -0.2) is 54.4 Å². The second-order valence-corrected chi connectivity index (χ2v) is 5.05. The van der Waals surface area contributed by atoms with Gasteiger partial charge in [0.1, 0.15) is 0 Å². The van der Waals surface area contributed by atoms with Gasteiger partial charge in [0, 0.05) is 26.7 Å². The number of rotatable bonds is 7. The van der Waals surface area contributed by atoms with Crippen molar-refractivity contribution in [2.45, 2.75) is 44.6 Å². The van der Waals surface area contributed by atoms with Gasteiger partial charge in [-0.2, -0.15) is 0 Å². The summed E-state index contributed by atoms with van der Waals surface area (Å²) >= 11 is 0. The summed E-state index contributed by atoms with van der Waals surface area (Å²) in [6.45, 7) is 3.31. The van der Waals surface area contributed by atoms with Crippen molar-refractivity contribution in [2.75, 3.05) is 26.7 Å². The van der Waals surface area contributed by atoms with Gasteiger partial charge in [0.25, 0.3) is 0 Å². The Kier molecular flexibility index (Phi) is 6.08. The predicted molar refractivity (Wildman–Crippen MR) is 71.1 cm³/mol. The van der Waals surface area contributed by atoms with Gasteiger partial charge in [-0.1, -0.05) is 12.8 Å². The zero-order chi connectivity index (χ0) is 14.3. The standard InChI is InChI=1S/C13H24N2O4/c1-3-19-13(7-4-5-8-13)10-14-12(18)15(2)9-6-11(16)17/h3-10H2,1-2H3,(H,14,18)(H,16,17). The van der Waals surface area contributed by atoms with Gasteiger partial charge < -0.3 is 20.1 Å². The van der Waals surface area contributed by atoms with E-state index in [0.717, 1.165) is 25.7 Å². The van der Waals surface area contributed by atoms with Crippen molar-refractivity contribution in [1.29, 1.82) is 0 Å². The number of nitrogens with zero attached hydrogens (tertiary/aromatic N) is 1. The number of carbonyl (C=O) groups excluding carboxylic acids is 1. The molecule has 6 nitrogen and oxygen atoms in total. The van der Waals surface area contributed by atoms with Gasteiger partial charge in [0.05, 0.1) is 12.0 Å². The molecule has 1 rings (SSSR count). The molecule has 0 saturated heterocycles. The highest BCUT2D eigenvalue weighted by molar-refractivity contribution is 5.75. The van der Waals surface area contributed by atoms with Crippen LogP contribution in [0.2, 0.25) is 0 Å². The van der Waals surface area contributed by atoms with E-state index in [1.807, 2.05) is 6.92 Å². The Bertz CT molecular complexity index is 314. The van der Waals surface area contributed by atoms with Crippen molar-refractivity contribution in [2.24, 2.45) is 0 Å². The minimum atomic E-state index is -0.902. The van der Waals surface area contributed by atoms with E-state index in [-0.39, 0.29) is 24.6 Å². The summed E-state index contributed by atoms with van der Waals surface area (Å²) in [4.78, 5) is 23.7. The van der Waals surface area contributed by atoms with E-state index in [1.54, 1.807) is 7.05 Å². The fourth-order valence-corrected chi connectivity index (χ4v) is 2.43. The summed E-state index contributed by atoms with van der Waals surface area (Å²) in [6, 6.07) is -0.243. The lowest BCUT2D eigenvalue weighted by molar-refractivity contribution is -0.137. The van der Waals surface area contributed by atoms with Crippen LogP contribution in [0.15, 0.2) is 0 Å². The Morgan fingerprint density at radius 2 is 2.00 bits per heavy atom. The molecule has 2 amide bonds. The minimum absolute atomic E-state index is 0.0411. The number of nitrogens with one attached hydrogen (secondary N) is 1. The van der Waals surface area contributed by atoms with Crippen LogP contribution in [-0.2, 0) is 9.53 Å². The number of hydrogen-bond donors (Lipinski definition) is 2. The highest BCUT2D eigenvalue weighted by Crippen LogP contribution is 2.32. The molecular formula is C13H24N2O4. The highest BCUT2D eigenvalue weighted by atomic mass is 16.5. The first-order valence-electron chi connectivity index (χ1n) is 6.84. The summed E-state index contributed by atoms with van der Waals surface area (Å²) in [7, 11) is 1.60. The first-order valence-corrected chi connectivity index (χ1v) is 6.84. The maximum Gasteiger partial charge on any atom is 0.317 e. The number of urea groups is 1. The van der Waals surface area contributed by atoms with Crippen molar-refractivity contribution < 1.29 is 19.4 Å². The topological polar surface area (TPSA) is 78.9 Å². The molecule has 0 aromatic carbocycles. The van der Waals surface area contributed by atoms with Crippen molar-refractivity contribution in [3.8, 4) is 0 Å². The summed E-state index contributed by atoms with van der Waals surface area (Å²) in [5.41, 5.74) is -0.224. The normalized spacial score (nSPS) is 17.2. The lowest BCUT2D eigenvalue weighted by Crippen LogP contribution is -2.47. The molecule has 0 heterocycles. The number of aliphatic carboxylic acids is 1. The quantitative estimate of drug-likeness (QED) is 0.735. The number of amides is 2. The Morgan fingerprint density at radius 1 is 1.37 bits per heavy atom. The molecule has 0 atom stereocenters. The fraction of sp³-hybridized carbons (Fsp3) is 0.846. The van der Waals surface area contributed by atoms with Gasteiger partial charge >= 0.3 is 12.0 Å². The third-order valence-corrected chi connectivity index (χ3v) is 3.53. The zero-order valence-corrected chi connectivity index (χ0v) is 11.8. The van der Waals surface area contributed by atoms with E-state index in [4.69, 9.17) is 9.84 Å². The zero-order valence-electron chi connectivity index (χ0n) is 11.8. The molecule has 0 aromatic rings. The second kappa shape index (κ2) is 7.33. The van der Waals surface area contributed by atoms with Crippen molar-refractivity contribution in [3.63, 3.8) is 0 Å². The van der Waals surface area contributed by atoms with Crippen LogP contribution < -0.4 is 5.32 Å². The summed E-state index contributed by atoms with van der Waals surface area (Å²) in [6.07, 6.45) is 4.16. The van der Waals surface area contributed by atoms with Crippen molar-refractivity contribution >= 4 is 12.0 Å². The summed E-state index contributed by atoms with van der Waals surface area (Å²) in [5.74, 6) is -0.902. The van der Waals surface area contributed by atoms with E-state index in [9.17, 15) is 9.59 Å². The Labute approximate surface area is 114 Å². The molecular weight excluding hydrogens is 248 g/mol. The Balaban J connectivity index is 2.37. The van der Waals surface area contributed by atoms with Crippen molar-refractivity contribution in [1.82, 2.24) is 10.2 Å². The second-order valence-electron chi connectivity index (χ2n) is 5.05. The van der Waals surface area contributed by atoms with Crippen LogP contribution in [0.4, 0.5) is 4.79 Å². The molecule has 1 aliphatic rings. The van der Waals surface area contributed by atoms with Crippen LogP contribution in [0.1, 0.15) is 39.0 Å². The molecule has 0 aromatic heterocycles. The molecule has 1 aliphatic carbocycles. The van der Waals surface area contributed by atoms with Crippen LogP contribution in [0.3, 0.4) is 0 Å². The van der Waals surface area contributed by atoms with Gasteiger partial charge in [-0.3, -0.25) is 4.79 Å². The average Bonchev–Trinajstić information content (AvgIpc) is 2.82. The number of carbonyl (C=O) groups is 2.